The number of Topliss-reactive ketones (excluding diaryl/α,β-unsaturated/α-hetero) is 1. The lowest BCUT2D eigenvalue weighted by Crippen LogP contribution is -2.14. The molecule has 0 amide bonds. The molecular formula is C26H33FO. The summed E-state index contributed by atoms with van der Waals surface area (Å²) in [6, 6.07) is 13.2. The fourth-order valence-electron chi connectivity index (χ4n) is 4.57. The fourth-order valence-corrected chi connectivity index (χ4v) is 4.57. The Bertz CT molecular complexity index is 770. The molecule has 2 aromatic rings. The fraction of sp³-hybridized carbons (Fsp3) is 0.500. The molecule has 3 rings (SSSR count). The average molecular weight is 381 g/mol. The Morgan fingerprint density at radius 3 is 2.32 bits per heavy atom. The topological polar surface area (TPSA) is 17.1 Å². The molecule has 2 aromatic carbocycles. The van der Waals surface area contributed by atoms with Crippen molar-refractivity contribution in [3.8, 4) is 11.1 Å². The zero-order chi connectivity index (χ0) is 19.9. The van der Waals surface area contributed by atoms with Crippen molar-refractivity contribution in [3.63, 3.8) is 0 Å². The van der Waals surface area contributed by atoms with Crippen molar-refractivity contribution < 1.29 is 9.18 Å². The number of carbonyl (C=O) groups excluding carboxylic acids is 1. The maximum Gasteiger partial charge on any atom is 0.162 e. The van der Waals surface area contributed by atoms with Crippen LogP contribution in [0.25, 0.3) is 11.1 Å². The average Bonchev–Trinajstić information content (AvgIpc) is 2.74. The molecule has 1 aliphatic carbocycles. The summed E-state index contributed by atoms with van der Waals surface area (Å²) < 4.78 is 15.3. The molecule has 0 bridgehead atoms. The molecule has 0 N–H and O–H groups in total. The molecule has 150 valence electrons. The van der Waals surface area contributed by atoms with E-state index in [1.807, 2.05) is 49.4 Å². The maximum atomic E-state index is 15.3. The van der Waals surface area contributed by atoms with Gasteiger partial charge in [-0.05, 0) is 48.6 Å². The van der Waals surface area contributed by atoms with Crippen molar-refractivity contribution in [1.82, 2.24) is 0 Å². The Labute approximate surface area is 169 Å². The van der Waals surface area contributed by atoms with Gasteiger partial charge in [0.1, 0.15) is 5.82 Å². The number of halogens is 1. The van der Waals surface area contributed by atoms with Gasteiger partial charge in [0, 0.05) is 17.5 Å². The van der Waals surface area contributed by atoms with Gasteiger partial charge >= 0.3 is 0 Å². The van der Waals surface area contributed by atoms with E-state index in [0.29, 0.717) is 23.5 Å². The van der Waals surface area contributed by atoms with Crippen LogP contribution >= 0.6 is 0 Å². The number of rotatable bonds is 8. The molecule has 0 atom stereocenters. The summed E-state index contributed by atoms with van der Waals surface area (Å²) in [5.41, 5.74) is 3.07. The van der Waals surface area contributed by atoms with Gasteiger partial charge in [-0.2, -0.15) is 0 Å². The van der Waals surface area contributed by atoms with E-state index in [1.165, 1.54) is 38.5 Å². The molecule has 0 saturated heterocycles. The lowest BCUT2D eigenvalue weighted by atomic mass is 9.76. The second-order valence-corrected chi connectivity index (χ2v) is 8.28. The second kappa shape index (κ2) is 10.0. The highest BCUT2D eigenvalue weighted by Crippen LogP contribution is 2.40. The smallest absolute Gasteiger partial charge is 0.162 e. The summed E-state index contributed by atoms with van der Waals surface area (Å²) in [6.45, 7) is 4.11. The lowest BCUT2D eigenvalue weighted by Gasteiger charge is -2.29. The van der Waals surface area contributed by atoms with Gasteiger partial charge in [-0.25, -0.2) is 4.39 Å². The zero-order valence-electron chi connectivity index (χ0n) is 17.3. The molecule has 0 radical (unpaired) electrons. The molecular weight excluding hydrogens is 347 g/mol. The van der Waals surface area contributed by atoms with Crippen LogP contribution in [0.3, 0.4) is 0 Å². The normalized spacial score (nSPS) is 19.5. The third-order valence-corrected chi connectivity index (χ3v) is 6.37. The molecule has 2 heteroatoms. The first kappa shape index (κ1) is 20.8. The molecule has 1 nitrogen and oxygen atoms in total. The number of hydrogen-bond donors (Lipinski definition) is 0. The van der Waals surface area contributed by atoms with Crippen molar-refractivity contribution in [2.24, 2.45) is 5.92 Å². The SMILES string of the molecule is CCCCCC1CCC(c2cccc(-c3ccc(C(=O)CC)cc3)c2F)CC1. The van der Waals surface area contributed by atoms with Crippen LogP contribution in [0.2, 0.25) is 0 Å². The summed E-state index contributed by atoms with van der Waals surface area (Å²) in [5, 5.41) is 0. The summed E-state index contributed by atoms with van der Waals surface area (Å²) in [4.78, 5) is 11.8. The molecule has 0 heterocycles. The van der Waals surface area contributed by atoms with E-state index in [0.717, 1.165) is 29.9 Å². The summed E-state index contributed by atoms with van der Waals surface area (Å²) in [7, 11) is 0. The standard InChI is InChI=1S/C26H33FO/c1-3-5-6-8-19-11-13-20(14-12-19)23-9-7-10-24(26(23)27)21-15-17-22(18-16-21)25(28)4-2/h7,9-10,15-20H,3-6,8,11-14H2,1-2H3. The molecule has 0 aromatic heterocycles. The molecule has 1 aliphatic rings. The van der Waals surface area contributed by atoms with Gasteiger partial charge in [-0.3, -0.25) is 4.79 Å². The molecule has 0 spiro atoms. The largest absolute Gasteiger partial charge is 0.294 e. The van der Waals surface area contributed by atoms with Crippen LogP contribution in [0.15, 0.2) is 42.5 Å². The summed E-state index contributed by atoms with van der Waals surface area (Å²) >= 11 is 0. The molecule has 0 unspecified atom stereocenters. The predicted octanol–water partition coefficient (Wildman–Crippen LogP) is 7.94. The van der Waals surface area contributed by atoms with E-state index < -0.39 is 0 Å². The van der Waals surface area contributed by atoms with Crippen LogP contribution in [0.5, 0.6) is 0 Å². The number of ketones is 1. The quantitative estimate of drug-likeness (QED) is 0.335. The highest BCUT2D eigenvalue weighted by atomic mass is 19.1. The van der Waals surface area contributed by atoms with E-state index in [-0.39, 0.29) is 11.6 Å². The van der Waals surface area contributed by atoms with Crippen LogP contribution in [-0.4, -0.2) is 5.78 Å². The predicted molar refractivity (Wildman–Crippen MR) is 115 cm³/mol. The second-order valence-electron chi connectivity index (χ2n) is 8.28. The maximum absolute atomic E-state index is 15.3. The lowest BCUT2D eigenvalue weighted by molar-refractivity contribution is 0.0988. The van der Waals surface area contributed by atoms with Gasteiger partial charge in [0.05, 0.1) is 0 Å². The van der Waals surface area contributed by atoms with Crippen LogP contribution < -0.4 is 0 Å². The van der Waals surface area contributed by atoms with E-state index in [1.54, 1.807) is 0 Å². The highest BCUT2D eigenvalue weighted by molar-refractivity contribution is 5.96. The van der Waals surface area contributed by atoms with E-state index in [4.69, 9.17) is 0 Å². The van der Waals surface area contributed by atoms with Gasteiger partial charge < -0.3 is 0 Å². The van der Waals surface area contributed by atoms with Gasteiger partial charge in [0.15, 0.2) is 5.78 Å². The minimum atomic E-state index is -0.0773. The minimum Gasteiger partial charge on any atom is -0.294 e. The van der Waals surface area contributed by atoms with Crippen LogP contribution in [0.1, 0.15) is 93.5 Å². The third kappa shape index (κ3) is 4.90. The summed E-state index contributed by atoms with van der Waals surface area (Å²) in [5.74, 6) is 1.21. The Balaban J connectivity index is 1.71. The van der Waals surface area contributed by atoms with E-state index in [9.17, 15) is 4.79 Å². The van der Waals surface area contributed by atoms with Crippen molar-refractivity contribution >= 4 is 5.78 Å². The van der Waals surface area contributed by atoms with Crippen LogP contribution in [0.4, 0.5) is 4.39 Å². The third-order valence-electron chi connectivity index (χ3n) is 6.37. The highest BCUT2D eigenvalue weighted by Gasteiger charge is 2.25. The zero-order valence-corrected chi connectivity index (χ0v) is 17.3. The summed E-state index contributed by atoms with van der Waals surface area (Å²) in [6.07, 6.45) is 10.4. The Morgan fingerprint density at radius 1 is 0.964 bits per heavy atom. The number of hydrogen-bond acceptors (Lipinski definition) is 1. The first-order valence-electron chi connectivity index (χ1n) is 11.1. The molecule has 28 heavy (non-hydrogen) atoms. The molecule has 1 saturated carbocycles. The first-order chi connectivity index (χ1) is 13.6. The van der Waals surface area contributed by atoms with E-state index >= 15 is 4.39 Å². The molecule has 1 fully saturated rings. The van der Waals surface area contributed by atoms with Crippen molar-refractivity contribution in [3.05, 3.63) is 59.4 Å². The van der Waals surface area contributed by atoms with Crippen molar-refractivity contribution in [1.29, 1.82) is 0 Å². The van der Waals surface area contributed by atoms with Crippen LogP contribution in [-0.2, 0) is 0 Å². The Kier molecular flexibility index (Phi) is 7.42. The Morgan fingerprint density at radius 2 is 1.68 bits per heavy atom. The molecule has 0 aliphatic heterocycles. The monoisotopic (exact) mass is 380 g/mol. The first-order valence-corrected chi connectivity index (χ1v) is 11.1. The van der Waals surface area contributed by atoms with Crippen LogP contribution in [0, 0.1) is 11.7 Å². The van der Waals surface area contributed by atoms with Crippen molar-refractivity contribution in [2.45, 2.75) is 77.6 Å². The van der Waals surface area contributed by atoms with Gasteiger partial charge in [-0.1, -0.05) is 82.0 Å². The van der Waals surface area contributed by atoms with Gasteiger partial charge in [-0.15, -0.1) is 0 Å². The minimum absolute atomic E-state index is 0.0773. The van der Waals surface area contributed by atoms with Gasteiger partial charge in [0.25, 0.3) is 0 Å². The number of benzene rings is 2. The number of unbranched alkanes of at least 4 members (excludes halogenated alkanes) is 2. The van der Waals surface area contributed by atoms with Gasteiger partial charge in [0.2, 0.25) is 0 Å². The van der Waals surface area contributed by atoms with E-state index in [2.05, 4.69) is 6.92 Å². The Hall–Kier alpha value is -1.96. The number of carbonyl (C=O) groups is 1. The van der Waals surface area contributed by atoms with Crippen molar-refractivity contribution in [2.75, 3.05) is 0 Å².